The molecule has 6 nitrogen and oxygen atoms in total. The van der Waals surface area contributed by atoms with Crippen molar-refractivity contribution in [2.45, 2.75) is 39.8 Å². The number of aromatic nitrogens is 1. The molecule has 0 saturated heterocycles. The van der Waals surface area contributed by atoms with Crippen LogP contribution in [0, 0.1) is 0 Å². The molecule has 0 saturated carbocycles. The zero-order valence-electron chi connectivity index (χ0n) is 13.1. The molecule has 0 aromatic carbocycles. The number of nitrogens with zero attached hydrogens (tertiary/aromatic N) is 2. The summed E-state index contributed by atoms with van der Waals surface area (Å²) in [4.78, 5) is 8.49. The molecule has 1 heterocycles. The summed E-state index contributed by atoms with van der Waals surface area (Å²) in [5, 5.41) is 3.05. The van der Waals surface area contributed by atoms with E-state index >= 15 is 0 Å². The molecule has 0 aliphatic rings. The summed E-state index contributed by atoms with van der Waals surface area (Å²) in [6.07, 6.45) is 2.79. The Morgan fingerprint density at radius 2 is 2.24 bits per heavy atom. The highest BCUT2D eigenvalue weighted by atomic mass is 16.5. The van der Waals surface area contributed by atoms with Gasteiger partial charge in [0.05, 0.1) is 12.6 Å². The fraction of sp³-hybridized carbons (Fsp3) is 0.600. The molecule has 0 fully saturated rings. The molecule has 0 aliphatic carbocycles. The van der Waals surface area contributed by atoms with E-state index in [9.17, 15) is 0 Å². The average Bonchev–Trinajstić information content (AvgIpc) is 2.46. The van der Waals surface area contributed by atoms with Gasteiger partial charge in [0.1, 0.15) is 0 Å². The van der Waals surface area contributed by atoms with Crippen molar-refractivity contribution in [2.75, 3.05) is 19.8 Å². The Morgan fingerprint density at radius 3 is 2.86 bits per heavy atom. The minimum atomic E-state index is 0.123. The lowest BCUT2D eigenvalue weighted by Gasteiger charge is -2.08. The quantitative estimate of drug-likeness (QED) is 0.411. The van der Waals surface area contributed by atoms with Crippen molar-refractivity contribution < 1.29 is 9.47 Å². The Morgan fingerprint density at radius 1 is 1.43 bits per heavy atom. The standard InChI is InChI=1S/C15H26N4O2/c1-4-20-9-5-8-17-15(16)19-11-13-6-7-14(18-10-13)21-12(2)3/h6-7,10,12H,4-5,8-9,11H2,1-3H3,(H3,16,17,19). The lowest BCUT2D eigenvalue weighted by molar-refractivity contribution is 0.145. The smallest absolute Gasteiger partial charge is 0.213 e. The lowest BCUT2D eigenvalue weighted by Crippen LogP contribution is -2.32. The van der Waals surface area contributed by atoms with Crippen LogP contribution in [0.5, 0.6) is 5.88 Å². The lowest BCUT2D eigenvalue weighted by atomic mass is 10.3. The molecule has 1 aromatic heterocycles. The predicted octanol–water partition coefficient (Wildman–Crippen LogP) is 1.70. The van der Waals surface area contributed by atoms with Gasteiger partial charge in [0.25, 0.3) is 0 Å². The van der Waals surface area contributed by atoms with Gasteiger partial charge in [-0.2, -0.15) is 0 Å². The summed E-state index contributed by atoms with van der Waals surface area (Å²) >= 11 is 0. The van der Waals surface area contributed by atoms with Gasteiger partial charge in [0.2, 0.25) is 5.88 Å². The van der Waals surface area contributed by atoms with E-state index in [1.807, 2.05) is 32.9 Å². The molecule has 1 rings (SSSR count). The maximum Gasteiger partial charge on any atom is 0.213 e. The SMILES string of the molecule is CCOCCCNC(N)=NCc1ccc(OC(C)C)nc1. The van der Waals surface area contributed by atoms with Crippen LogP contribution in [-0.4, -0.2) is 36.8 Å². The largest absolute Gasteiger partial charge is 0.475 e. The van der Waals surface area contributed by atoms with Gasteiger partial charge in [-0.3, -0.25) is 0 Å². The van der Waals surface area contributed by atoms with Gasteiger partial charge in [0.15, 0.2) is 5.96 Å². The Bertz CT molecular complexity index is 418. The van der Waals surface area contributed by atoms with Gasteiger partial charge < -0.3 is 20.5 Å². The first kappa shape index (κ1) is 17.2. The third-order valence-corrected chi connectivity index (χ3v) is 2.56. The Hall–Kier alpha value is -1.82. The van der Waals surface area contributed by atoms with Crippen LogP contribution in [-0.2, 0) is 11.3 Å². The molecule has 0 bridgehead atoms. The second-order valence-corrected chi connectivity index (χ2v) is 4.85. The van der Waals surface area contributed by atoms with Crippen molar-refractivity contribution >= 4 is 5.96 Å². The fourth-order valence-electron chi connectivity index (χ4n) is 1.58. The Kier molecular flexibility index (Phi) is 8.19. The minimum absolute atomic E-state index is 0.123. The summed E-state index contributed by atoms with van der Waals surface area (Å²) in [5.74, 6) is 1.06. The highest BCUT2D eigenvalue weighted by molar-refractivity contribution is 5.77. The monoisotopic (exact) mass is 294 g/mol. The number of aliphatic imine (C=N–C) groups is 1. The van der Waals surface area contributed by atoms with Crippen molar-refractivity contribution in [3.63, 3.8) is 0 Å². The third-order valence-electron chi connectivity index (χ3n) is 2.56. The van der Waals surface area contributed by atoms with Crippen LogP contribution in [0.1, 0.15) is 32.8 Å². The van der Waals surface area contributed by atoms with Crippen molar-refractivity contribution in [1.29, 1.82) is 0 Å². The molecule has 3 N–H and O–H groups in total. The number of nitrogens with two attached hydrogens (primary N) is 1. The molecule has 6 heteroatoms. The summed E-state index contributed by atoms with van der Waals surface area (Å²) in [7, 11) is 0. The van der Waals surface area contributed by atoms with E-state index in [0.29, 0.717) is 18.4 Å². The second-order valence-electron chi connectivity index (χ2n) is 4.85. The number of hydrogen-bond acceptors (Lipinski definition) is 4. The van der Waals surface area contributed by atoms with E-state index in [0.717, 1.165) is 31.7 Å². The average molecular weight is 294 g/mol. The summed E-state index contributed by atoms with van der Waals surface area (Å²) in [6.45, 7) is 8.66. The van der Waals surface area contributed by atoms with Gasteiger partial charge in [-0.15, -0.1) is 0 Å². The summed E-state index contributed by atoms with van der Waals surface area (Å²) in [6, 6.07) is 3.78. The molecular formula is C15H26N4O2. The van der Waals surface area contributed by atoms with Crippen LogP contribution in [0.2, 0.25) is 0 Å². The summed E-state index contributed by atoms with van der Waals surface area (Å²) in [5.41, 5.74) is 6.78. The maximum absolute atomic E-state index is 5.79. The highest BCUT2D eigenvalue weighted by Crippen LogP contribution is 2.09. The van der Waals surface area contributed by atoms with E-state index in [1.165, 1.54) is 0 Å². The minimum Gasteiger partial charge on any atom is -0.475 e. The van der Waals surface area contributed by atoms with Crippen molar-refractivity contribution in [2.24, 2.45) is 10.7 Å². The molecule has 0 aliphatic heterocycles. The van der Waals surface area contributed by atoms with Crippen LogP contribution >= 0.6 is 0 Å². The molecular weight excluding hydrogens is 268 g/mol. The van der Waals surface area contributed by atoms with E-state index < -0.39 is 0 Å². The highest BCUT2D eigenvalue weighted by Gasteiger charge is 1.99. The molecule has 21 heavy (non-hydrogen) atoms. The maximum atomic E-state index is 5.79. The second kappa shape index (κ2) is 9.99. The number of nitrogens with one attached hydrogen (secondary N) is 1. The van der Waals surface area contributed by atoms with E-state index in [1.54, 1.807) is 6.20 Å². The van der Waals surface area contributed by atoms with Gasteiger partial charge in [-0.25, -0.2) is 9.98 Å². The van der Waals surface area contributed by atoms with Gasteiger partial charge in [-0.1, -0.05) is 6.07 Å². The zero-order chi connectivity index (χ0) is 15.5. The third kappa shape index (κ3) is 8.14. The van der Waals surface area contributed by atoms with Gasteiger partial charge >= 0.3 is 0 Å². The number of rotatable bonds is 9. The first-order chi connectivity index (χ1) is 10.1. The van der Waals surface area contributed by atoms with Crippen LogP contribution in [0.15, 0.2) is 23.3 Å². The van der Waals surface area contributed by atoms with E-state index in [2.05, 4.69) is 15.3 Å². The number of guanidine groups is 1. The van der Waals surface area contributed by atoms with Crippen molar-refractivity contribution in [3.8, 4) is 5.88 Å². The number of ether oxygens (including phenoxy) is 2. The first-order valence-electron chi connectivity index (χ1n) is 7.35. The van der Waals surface area contributed by atoms with Crippen LogP contribution in [0.25, 0.3) is 0 Å². The van der Waals surface area contributed by atoms with Gasteiger partial charge in [0, 0.05) is 32.0 Å². The van der Waals surface area contributed by atoms with E-state index in [4.69, 9.17) is 15.2 Å². The molecule has 0 amide bonds. The molecule has 1 aromatic rings. The van der Waals surface area contributed by atoms with Crippen molar-refractivity contribution in [3.05, 3.63) is 23.9 Å². The van der Waals surface area contributed by atoms with Gasteiger partial charge in [-0.05, 0) is 32.8 Å². The zero-order valence-corrected chi connectivity index (χ0v) is 13.1. The Labute approximate surface area is 126 Å². The van der Waals surface area contributed by atoms with Crippen molar-refractivity contribution in [1.82, 2.24) is 10.3 Å². The summed E-state index contributed by atoms with van der Waals surface area (Å²) < 4.78 is 10.7. The first-order valence-corrected chi connectivity index (χ1v) is 7.35. The molecule has 0 atom stereocenters. The molecule has 0 unspecified atom stereocenters. The van der Waals surface area contributed by atoms with Crippen LogP contribution in [0.4, 0.5) is 0 Å². The predicted molar refractivity (Wildman–Crippen MR) is 84.4 cm³/mol. The molecule has 0 spiro atoms. The van der Waals surface area contributed by atoms with Crippen LogP contribution < -0.4 is 15.8 Å². The normalized spacial score (nSPS) is 11.7. The fourth-order valence-corrected chi connectivity index (χ4v) is 1.58. The molecule has 118 valence electrons. The van der Waals surface area contributed by atoms with Crippen LogP contribution in [0.3, 0.4) is 0 Å². The Balaban J connectivity index is 2.30. The topological polar surface area (TPSA) is 81.8 Å². The molecule has 0 radical (unpaired) electrons. The van der Waals surface area contributed by atoms with E-state index in [-0.39, 0.29) is 6.10 Å². The number of pyridine rings is 1. The number of hydrogen-bond donors (Lipinski definition) is 2.